The molecule has 5 heterocycles. The number of hydrogen-bond acceptors (Lipinski definition) is 2. The van der Waals surface area contributed by atoms with Gasteiger partial charge in [-0.15, -0.1) is 0 Å². The fourth-order valence-electron chi connectivity index (χ4n) is 8.20. The highest BCUT2D eigenvalue weighted by Crippen LogP contribution is 2.44. The van der Waals surface area contributed by atoms with Gasteiger partial charge in [-0.3, -0.25) is 4.98 Å². The monoisotopic (exact) mass is 1000 g/mol. The van der Waals surface area contributed by atoms with Crippen LogP contribution >= 0.6 is 0 Å². The highest BCUT2D eigenvalue weighted by Gasteiger charge is 2.35. The smallest absolute Gasteiger partial charge is 0.200 e. The highest BCUT2D eigenvalue weighted by molar-refractivity contribution is 5.98. The zero-order chi connectivity index (χ0) is 50.7. The molecule has 2 N–H and O–H groups in total. The van der Waals surface area contributed by atoms with Crippen molar-refractivity contribution < 1.29 is 87.8 Å². The number of aromatic nitrogens is 4. The van der Waals surface area contributed by atoms with E-state index in [9.17, 15) is 35.1 Å². The van der Waals surface area contributed by atoms with E-state index in [1.54, 1.807) is 0 Å². The fourth-order valence-corrected chi connectivity index (χ4v) is 8.20. The second kappa shape index (κ2) is 17.1. The molecule has 3 aromatic heterocycles. The number of fused-ring (bicyclic) bond motifs is 8. The second-order valence-corrected chi connectivity index (χ2v) is 15.3. The Bertz CT molecular complexity index is 3340. The number of hydrogen-bond donors (Lipinski definition) is 2. The first-order valence-corrected chi connectivity index (χ1v) is 19.6. The van der Waals surface area contributed by atoms with Crippen molar-refractivity contribution in [3.63, 3.8) is 0 Å². The summed E-state index contributed by atoms with van der Waals surface area (Å²) in [7, 11) is 0. The number of benzene rings is 4. The number of H-pyrrole nitrogens is 2. The second-order valence-electron chi connectivity index (χ2n) is 15.3. The Kier molecular flexibility index (Phi) is 11.6. The minimum Gasteiger partial charge on any atom is -0.354 e. The fraction of sp³-hybridized carbons (Fsp3) is 0.0870. The molecule has 7 aromatic rings. The number of aryl methyl sites for hydroxylation is 2. The maximum absolute atomic E-state index is 16.0. The number of nitrogens with one attached hydrogen (secondary N) is 2. The van der Waals surface area contributed by atoms with Crippen LogP contribution in [0.15, 0.2) is 24.3 Å². The lowest BCUT2D eigenvalue weighted by molar-refractivity contribution is 0.381. The van der Waals surface area contributed by atoms with Crippen LogP contribution in [-0.2, 0) is 12.8 Å². The molecule has 4 nitrogen and oxygen atoms in total. The first kappa shape index (κ1) is 47.4. The van der Waals surface area contributed by atoms with Crippen molar-refractivity contribution in [2.24, 2.45) is 0 Å². The lowest BCUT2D eigenvalue weighted by Gasteiger charge is -2.13. The van der Waals surface area contributed by atoms with Crippen LogP contribution in [0, 0.1) is 116 Å². The van der Waals surface area contributed by atoms with Gasteiger partial charge in [-0.05, 0) is 62.1 Å². The molecular weight excluding hydrogens is 988 g/mol. The summed E-state index contributed by atoms with van der Waals surface area (Å²) in [5.74, 6) is -52.2. The molecule has 360 valence electrons. The van der Waals surface area contributed by atoms with Gasteiger partial charge in [0, 0.05) is 44.3 Å². The van der Waals surface area contributed by atoms with Crippen LogP contribution < -0.4 is 0 Å². The van der Waals surface area contributed by atoms with Crippen LogP contribution in [0.1, 0.15) is 35.6 Å². The molecule has 0 aliphatic carbocycles. The van der Waals surface area contributed by atoms with E-state index in [1.165, 1.54) is 0 Å². The quantitative estimate of drug-likeness (QED) is 0.105. The number of aromatic amines is 2. The number of rotatable bonds is 4. The average Bonchev–Trinajstić information content (AvgIpc) is 4.11. The summed E-state index contributed by atoms with van der Waals surface area (Å²) < 4.78 is 306. The van der Waals surface area contributed by atoms with Gasteiger partial charge in [-0.1, -0.05) is 0 Å². The molecule has 70 heavy (non-hydrogen) atoms. The first-order chi connectivity index (χ1) is 33.1. The van der Waals surface area contributed by atoms with Crippen LogP contribution in [0.2, 0.25) is 0 Å². The Morgan fingerprint density at radius 2 is 0.471 bits per heavy atom. The lowest BCUT2D eigenvalue weighted by atomic mass is 9.99. The third kappa shape index (κ3) is 6.99. The Morgan fingerprint density at radius 3 is 0.729 bits per heavy atom. The van der Waals surface area contributed by atoms with E-state index >= 15 is 52.7 Å². The van der Waals surface area contributed by atoms with Crippen LogP contribution in [0.25, 0.3) is 78.7 Å². The van der Waals surface area contributed by atoms with Crippen molar-refractivity contribution in [2.75, 3.05) is 0 Å². The van der Waals surface area contributed by atoms with Crippen molar-refractivity contribution in [3.8, 4) is 44.5 Å². The molecular formula is C46H16F20N4. The van der Waals surface area contributed by atoms with Gasteiger partial charge in [0.25, 0.3) is 0 Å². The van der Waals surface area contributed by atoms with E-state index in [-0.39, 0.29) is 12.8 Å². The average molecular weight is 1000 g/mol. The van der Waals surface area contributed by atoms with E-state index in [4.69, 9.17) is 0 Å². The molecule has 0 amide bonds. The molecule has 0 spiro atoms. The molecule has 4 aromatic carbocycles. The third-order valence-electron chi connectivity index (χ3n) is 11.4. The summed E-state index contributed by atoms with van der Waals surface area (Å²) in [6, 6.07) is 2.70. The minimum atomic E-state index is -2.71. The van der Waals surface area contributed by atoms with Gasteiger partial charge in [-0.2, -0.15) is 0 Å². The largest absolute Gasteiger partial charge is 0.354 e. The van der Waals surface area contributed by atoms with Crippen LogP contribution in [0.3, 0.4) is 0 Å². The molecule has 2 aliphatic heterocycles. The summed E-state index contributed by atoms with van der Waals surface area (Å²) in [6.07, 6.45) is -0.532. The Hall–Kier alpha value is -7.66. The van der Waals surface area contributed by atoms with Crippen molar-refractivity contribution in [2.45, 2.75) is 25.7 Å². The molecule has 0 unspecified atom stereocenters. The van der Waals surface area contributed by atoms with Gasteiger partial charge < -0.3 is 9.97 Å². The summed E-state index contributed by atoms with van der Waals surface area (Å²) >= 11 is 0. The van der Waals surface area contributed by atoms with Gasteiger partial charge in [0.15, 0.2) is 93.1 Å². The highest BCUT2D eigenvalue weighted by atomic mass is 19.2. The zero-order valence-electron chi connectivity index (χ0n) is 33.7. The SMILES string of the molecule is Fc1c(F)c(F)c(-c2c3nc(c(-c4c(F)c(F)c(F)c(F)c4F)c4ccc([nH]4)c(-c4c(F)c(F)c(F)c(F)c4F)c4nc(c(-c5c(F)c(F)c(F)c(F)c5F)c5ccc2[nH]5)CCCC4)C=C3)c(F)c1F. The maximum Gasteiger partial charge on any atom is 0.200 e. The van der Waals surface area contributed by atoms with Gasteiger partial charge >= 0.3 is 0 Å². The van der Waals surface area contributed by atoms with Gasteiger partial charge in [0.05, 0.1) is 45.0 Å². The summed E-state index contributed by atoms with van der Waals surface area (Å²) in [6.45, 7) is 0. The summed E-state index contributed by atoms with van der Waals surface area (Å²) in [5.41, 5.74) is -19.4. The predicted octanol–water partition coefficient (Wildman–Crippen LogP) is 14.5. The van der Waals surface area contributed by atoms with Crippen molar-refractivity contribution in [1.82, 2.24) is 19.9 Å². The molecule has 0 saturated heterocycles. The Balaban J connectivity index is 1.62. The molecule has 0 radical (unpaired) electrons. The number of nitrogens with zero attached hydrogens (tertiary/aromatic N) is 2. The standard InChI is InChI=1S/C46H16F20N4/c47-27-23(28(48)36(56)43(63)35(27)55)19-11-3-1-2-4-12(67-11)20(24-29(49)37(57)44(64)38(58)30(24)50)14-6-8-16(69-14)22(26-33(53)41(61)46(66)42(62)34(26)54)18-10-9-17(70-18)21(15-7-5-13(19)68-15)25-31(51)39(59)45(65)40(60)32(25)52/h5-10,68-69H,1-4H2. The summed E-state index contributed by atoms with van der Waals surface area (Å²) in [5, 5.41) is 0. The first-order valence-electron chi connectivity index (χ1n) is 19.6. The molecule has 8 bridgehead atoms. The molecule has 9 rings (SSSR count). The maximum atomic E-state index is 16.0. The van der Waals surface area contributed by atoms with Gasteiger partial charge in [0.2, 0.25) is 23.3 Å². The van der Waals surface area contributed by atoms with Gasteiger partial charge in [0.1, 0.15) is 0 Å². The molecule has 0 atom stereocenters. The molecule has 0 saturated carbocycles. The van der Waals surface area contributed by atoms with Crippen LogP contribution in [0.4, 0.5) is 87.8 Å². The van der Waals surface area contributed by atoms with Crippen molar-refractivity contribution in [3.05, 3.63) is 163 Å². The number of halogens is 20. The van der Waals surface area contributed by atoms with E-state index < -0.39 is 219 Å². The van der Waals surface area contributed by atoms with E-state index in [2.05, 4.69) is 19.9 Å². The van der Waals surface area contributed by atoms with E-state index in [0.717, 1.165) is 0 Å². The summed E-state index contributed by atoms with van der Waals surface area (Å²) in [4.78, 5) is 12.8. The third-order valence-corrected chi connectivity index (χ3v) is 11.4. The molecule has 2 aliphatic rings. The van der Waals surface area contributed by atoms with E-state index in [1.807, 2.05) is 0 Å². The predicted molar refractivity (Wildman–Crippen MR) is 207 cm³/mol. The molecule has 0 fully saturated rings. The Morgan fingerprint density at radius 1 is 0.257 bits per heavy atom. The topological polar surface area (TPSA) is 57.4 Å². The zero-order valence-corrected chi connectivity index (χ0v) is 33.7. The van der Waals surface area contributed by atoms with Crippen LogP contribution in [0.5, 0.6) is 0 Å². The lowest BCUT2D eigenvalue weighted by Crippen LogP contribution is -2.07. The van der Waals surface area contributed by atoms with Crippen molar-refractivity contribution >= 4 is 34.2 Å². The van der Waals surface area contributed by atoms with E-state index in [0.29, 0.717) is 36.4 Å². The Labute approximate surface area is 375 Å². The van der Waals surface area contributed by atoms with Gasteiger partial charge in [-0.25, -0.2) is 92.8 Å². The normalized spacial score (nSPS) is 12.9. The van der Waals surface area contributed by atoms with Crippen molar-refractivity contribution in [1.29, 1.82) is 0 Å². The van der Waals surface area contributed by atoms with Crippen LogP contribution in [-0.4, -0.2) is 19.9 Å². The minimum absolute atomic E-state index is 0.255. The molecule has 24 heteroatoms.